The summed E-state index contributed by atoms with van der Waals surface area (Å²) in [6, 6.07) is 5.57. The zero-order valence-electron chi connectivity index (χ0n) is 12.0. The van der Waals surface area contributed by atoms with Crippen LogP contribution in [0.15, 0.2) is 18.2 Å². The Hall–Kier alpha value is -1.55. The number of nitrogens with zero attached hydrogens (tertiary/aromatic N) is 1. The molecule has 0 aromatic heterocycles. The van der Waals surface area contributed by atoms with Crippen LogP contribution in [0, 0.1) is 18.8 Å². The first kappa shape index (κ1) is 13.4. The van der Waals surface area contributed by atoms with Crippen molar-refractivity contribution in [1.82, 2.24) is 4.90 Å². The second-order valence-corrected chi connectivity index (χ2v) is 5.96. The van der Waals surface area contributed by atoms with Crippen molar-refractivity contribution in [3.63, 3.8) is 0 Å². The molecule has 3 atom stereocenters. The molecule has 4 heteroatoms. The van der Waals surface area contributed by atoms with E-state index >= 15 is 0 Å². The SMILES string of the molecule is COc1cc(C(=O)N2CC3CCC(O)C3C2)ccc1C. The van der Waals surface area contributed by atoms with Gasteiger partial charge >= 0.3 is 0 Å². The van der Waals surface area contributed by atoms with E-state index in [-0.39, 0.29) is 17.9 Å². The van der Waals surface area contributed by atoms with Crippen LogP contribution in [0.5, 0.6) is 5.75 Å². The number of fused-ring (bicyclic) bond motifs is 1. The molecule has 0 bridgehead atoms. The highest BCUT2D eigenvalue weighted by Gasteiger charge is 2.43. The highest BCUT2D eigenvalue weighted by Crippen LogP contribution is 2.38. The van der Waals surface area contributed by atoms with Gasteiger partial charge < -0.3 is 14.7 Å². The van der Waals surface area contributed by atoms with Crippen LogP contribution >= 0.6 is 0 Å². The lowest BCUT2D eigenvalue weighted by atomic mass is 10.00. The van der Waals surface area contributed by atoms with E-state index in [0.29, 0.717) is 18.0 Å². The van der Waals surface area contributed by atoms with Crippen molar-refractivity contribution in [3.05, 3.63) is 29.3 Å². The molecule has 1 amide bonds. The van der Waals surface area contributed by atoms with Gasteiger partial charge in [0.1, 0.15) is 5.75 Å². The summed E-state index contributed by atoms with van der Waals surface area (Å²) in [5, 5.41) is 9.93. The van der Waals surface area contributed by atoms with E-state index in [4.69, 9.17) is 4.74 Å². The molecule has 20 heavy (non-hydrogen) atoms. The maximum atomic E-state index is 12.6. The second kappa shape index (κ2) is 5.09. The lowest BCUT2D eigenvalue weighted by Gasteiger charge is -2.19. The molecule has 1 N–H and O–H groups in total. The Labute approximate surface area is 119 Å². The Morgan fingerprint density at radius 2 is 2.15 bits per heavy atom. The largest absolute Gasteiger partial charge is 0.496 e. The smallest absolute Gasteiger partial charge is 0.254 e. The number of aryl methyl sites for hydroxylation is 1. The van der Waals surface area contributed by atoms with Crippen molar-refractivity contribution in [2.45, 2.75) is 25.9 Å². The van der Waals surface area contributed by atoms with Crippen LogP contribution in [0.25, 0.3) is 0 Å². The third-order valence-electron chi connectivity index (χ3n) is 4.76. The number of hydrogen-bond donors (Lipinski definition) is 1. The number of hydrogen-bond acceptors (Lipinski definition) is 3. The molecule has 1 aliphatic heterocycles. The molecular weight excluding hydrogens is 254 g/mol. The molecule has 0 radical (unpaired) electrons. The summed E-state index contributed by atoms with van der Waals surface area (Å²) in [6.07, 6.45) is 1.69. The molecule has 4 nitrogen and oxygen atoms in total. The minimum Gasteiger partial charge on any atom is -0.496 e. The summed E-state index contributed by atoms with van der Waals surface area (Å²) in [5.41, 5.74) is 1.69. The Morgan fingerprint density at radius 1 is 1.35 bits per heavy atom. The van der Waals surface area contributed by atoms with E-state index in [1.807, 2.05) is 30.0 Å². The Morgan fingerprint density at radius 3 is 2.85 bits per heavy atom. The molecule has 3 rings (SSSR count). The first-order valence-corrected chi connectivity index (χ1v) is 7.22. The number of carbonyl (C=O) groups excluding carboxylic acids is 1. The molecule has 108 valence electrons. The first-order chi connectivity index (χ1) is 9.60. The van der Waals surface area contributed by atoms with Gasteiger partial charge in [0.2, 0.25) is 0 Å². The van der Waals surface area contributed by atoms with E-state index in [1.54, 1.807) is 7.11 Å². The monoisotopic (exact) mass is 275 g/mol. The minimum atomic E-state index is -0.231. The van der Waals surface area contributed by atoms with Crippen molar-refractivity contribution >= 4 is 5.91 Å². The van der Waals surface area contributed by atoms with Crippen LogP contribution in [-0.2, 0) is 0 Å². The summed E-state index contributed by atoms with van der Waals surface area (Å²) in [5.74, 6) is 1.53. The van der Waals surface area contributed by atoms with Crippen molar-refractivity contribution in [1.29, 1.82) is 0 Å². The first-order valence-electron chi connectivity index (χ1n) is 7.22. The maximum absolute atomic E-state index is 12.6. The average Bonchev–Trinajstić information content (AvgIpc) is 3.01. The van der Waals surface area contributed by atoms with Crippen molar-refractivity contribution < 1.29 is 14.6 Å². The molecule has 1 aromatic carbocycles. The molecule has 3 unspecified atom stereocenters. The summed E-state index contributed by atoms with van der Waals surface area (Å²) < 4.78 is 5.28. The Balaban J connectivity index is 1.77. The van der Waals surface area contributed by atoms with Crippen LogP contribution in [0.1, 0.15) is 28.8 Å². The number of ether oxygens (including phenoxy) is 1. The maximum Gasteiger partial charge on any atom is 0.254 e. The van der Waals surface area contributed by atoms with E-state index in [1.165, 1.54) is 0 Å². The fourth-order valence-electron chi connectivity index (χ4n) is 3.54. The van der Waals surface area contributed by atoms with E-state index in [2.05, 4.69) is 0 Å². The molecule has 1 aromatic rings. The van der Waals surface area contributed by atoms with E-state index < -0.39 is 0 Å². The number of benzene rings is 1. The summed E-state index contributed by atoms with van der Waals surface area (Å²) in [6.45, 7) is 3.42. The second-order valence-electron chi connectivity index (χ2n) is 5.96. The predicted octanol–water partition coefficient (Wildman–Crippen LogP) is 1.85. The number of aliphatic hydroxyl groups is 1. The molecule has 2 fully saturated rings. The molecule has 1 heterocycles. The summed E-state index contributed by atoms with van der Waals surface area (Å²) in [7, 11) is 1.62. The van der Waals surface area contributed by atoms with Crippen molar-refractivity contribution in [3.8, 4) is 5.75 Å². The quantitative estimate of drug-likeness (QED) is 0.896. The molecule has 1 aliphatic carbocycles. The number of carbonyl (C=O) groups is 1. The Kier molecular flexibility index (Phi) is 3.42. The standard InChI is InChI=1S/C16H21NO3/c1-10-3-4-11(7-15(10)20-2)16(19)17-8-12-5-6-14(18)13(12)9-17/h3-4,7,12-14,18H,5-6,8-9H2,1-2H3. The van der Waals surface area contributed by atoms with Gasteiger partial charge in [-0.25, -0.2) is 0 Å². The molecule has 1 saturated heterocycles. The number of amides is 1. The zero-order valence-corrected chi connectivity index (χ0v) is 12.0. The molecule has 2 aliphatic rings. The van der Waals surface area contributed by atoms with Gasteiger partial charge in [0, 0.05) is 24.6 Å². The van der Waals surface area contributed by atoms with Gasteiger partial charge in [-0.2, -0.15) is 0 Å². The van der Waals surface area contributed by atoms with Gasteiger partial charge in [0.25, 0.3) is 5.91 Å². The van der Waals surface area contributed by atoms with Crippen LogP contribution in [0.3, 0.4) is 0 Å². The van der Waals surface area contributed by atoms with Crippen molar-refractivity contribution in [2.75, 3.05) is 20.2 Å². The lowest BCUT2D eigenvalue weighted by molar-refractivity contribution is 0.0752. The Bertz CT molecular complexity index is 528. The number of rotatable bonds is 2. The average molecular weight is 275 g/mol. The molecular formula is C16H21NO3. The fraction of sp³-hybridized carbons (Fsp3) is 0.562. The molecule has 1 saturated carbocycles. The topological polar surface area (TPSA) is 49.8 Å². The minimum absolute atomic E-state index is 0.0462. The van der Waals surface area contributed by atoms with Gasteiger partial charge in [-0.3, -0.25) is 4.79 Å². The molecule has 0 spiro atoms. The highest BCUT2D eigenvalue weighted by atomic mass is 16.5. The van der Waals surface area contributed by atoms with Crippen molar-refractivity contribution in [2.24, 2.45) is 11.8 Å². The van der Waals surface area contributed by atoms with Gasteiger partial charge in [-0.1, -0.05) is 6.07 Å². The normalized spacial score (nSPS) is 28.6. The third-order valence-corrected chi connectivity index (χ3v) is 4.76. The number of likely N-dealkylation sites (tertiary alicyclic amines) is 1. The van der Waals surface area contributed by atoms with E-state index in [0.717, 1.165) is 30.7 Å². The van der Waals surface area contributed by atoms with Crippen LogP contribution < -0.4 is 4.74 Å². The summed E-state index contributed by atoms with van der Waals surface area (Å²) in [4.78, 5) is 14.4. The highest BCUT2D eigenvalue weighted by molar-refractivity contribution is 5.95. The van der Waals surface area contributed by atoms with Gasteiger partial charge in [0.15, 0.2) is 0 Å². The summed E-state index contributed by atoms with van der Waals surface area (Å²) >= 11 is 0. The third kappa shape index (κ3) is 2.18. The van der Waals surface area contributed by atoms with Crippen LogP contribution in [0.4, 0.5) is 0 Å². The zero-order chi connectivity index (χ0) is 14.3. The fourth-order valence-corrected chi connectivity index (χ4v) is 3.54. The predicted molar refractivity (Wildman–Crippen MR) is 75.9 cm³/mol. The van der Waals surface area contributed by atoms with E-state index in [9.17, 15) is 9.90 Å². The van der Waals surface area contributed by atoms with Gasteiger partial charge in [-0.15, -0.1) is 0 Å². The van der Waals surface area contributed by atoms with Crippen LogP contribution in [0.2, 0.25) is 0 Å². The van der Waals surface area contributed by atoms with Gasteiger partial charge in [-0.05, 0) is 43.4 Å². The lowest BCUT2D eigenvalue weighted by Crippen LogP contribution is -2.31. The van der Waals surface area contributed by atoms with Crippen LogP contribution in [-0.4, -0.2) is 42.2 Å². The number of aliphatic hydroxyl groups excluding tert-OH is 1. The van der Waals surface area contributed by atoms with Gasteiger partial charge in [0.05, 0.1) is 13.2 Å². The number of methoxy groups -OCH3 is 1.